The molecule has 0 fully saturated rings. The second-order valence-electron chi connectivity index (χ2n) is 5.75. The fraction of sp³-hybridized carbons (Fsp3) is 0. The maximum Gasteiger partial charge on any atom is 0.227 e. The zero-order valence-electron chi connectivity index (χ0n) is 13.3. The number of rotatable bonds is 3. The van der Waals surface area contributed by atoms with Crippen molar-refractivity contribution in [1.82, 2.24) is 4.98 Å². The Bertz CT molecular complexity index is 1050. The minimum Gasteiger partial charge on any atom is -0.436 e. The van der Waals surface area contributed by atoms with E-state index in [1.165, 1.54) is 0 Å². The largest absolute Gasteiger partial charge is 0.436 e. The fourth-order valence-corrected chi connectivity index (χ4v) is 2.73. The van der Waals surface area contributed by atoms with Crippen molar-refractivity contribution in [2.75, 3.05) is 5.73 Å². The molecule has 0 aliphatic heterocycles. The van der Waals surface area contributed by atoms with E-state index in [0.29, 0.717) is 10.9 Å². The van der Waals surface area contributed by atoms with Crippen LogP contribution in [0.5, 0.6) is 0 Å². The quantitative estimate of drug-likeness (QED) is 0.371. The van der Waals surface area contributed by atoms with Crippen molar-refractivity contribution in [2.24, 2.45) is 0 Å². The number of benzene rings is 3. The molecule has 0 saturated carbocycles. The summed E-state index contributed by atoms with van der Waals surface area (Å²) in [6.07, 6.45) is 4.11. The molecule has 25 heavy (non-hydrogen) atoms. The molecule has 0 unspecified atom stereocenters. The van der Waals surface area contributed by atoms with Crippen molar-refractivity contribution in [1.29, 1.82) is 0 Å². The highest BCUT2D eigenvalue weighted by Crippen LogP contribution is 2.26. The maximum absolute atomic E-state index is 5.99. The second-order valence-corrected chi connectivity index (χ2v) is 6.19. The lowest BCUT2D eigenvalue weighted by atomic mass is 10.1. The molecule has 0 amide bonds. The molecule has 1 heterocycles. The van der Waals surface area contributed by atoms with Crippen LogP contribution in [0, 0.1) is 0 Å². The van der Waals surface area contributed by atoms with Crippen LogP contribution in [0.15, 0.2) is 71.1 Å². The highest BCUT2D eigenvalue weighted by molar-refractivity contribution is 6.31. The summed E-state index contributed by atoms with van der Waals surface area (Å²) in [5, 5.41) is 0.649. The van der Waals surface area contributed by atoms with Gasteiger partial charge in [-0.05, 0) is 53.6 Å². The van der Waals surface area contributed by atoms with E-state index in [-0.39, 0.29) is 0 Å². The Morgan fingerprint density at radius 1 is 0.840 bits per heavy atom. The number of oxazole rings is 1. The third-order valence-corrected chi connectivity index (χ3v) is 4.15. The van der Waals surface area contributed by atoms with Crippen LogP contribution in [0.3, 0.4) is 0 Å². The second kappa shape index (κ2) is 6.46. The molecule has 0 spiro atoms. The van der Waals surface area contributed by atoms with Gasteiger partial charge in [-0.25, -0.2) is 4.98 Å². The Kier molecular flexibility index (Phi) is 4.00. The molecule has 0 radical (unpaired) electrons. The lowest BCUT2D eigenvalue weighted by Crippen LogP contribution is -1.82. The van der Waals surface area contributed by atoms with Crippen molar-refractivity contribution in [3.05, 3.63) is 82.9 Å². The number of hydrogen-bond donors (Lipinski definition) is 1. The Balaban J connectivity index is 1.57. The number of aromatic nitrogens is 1. The van der Waals surface area contributed by atoms with E-state index >= 15 is 0 Å². The van der Waals surface area contributed by atoms with Gasteiger partial charge in [0.25, 0.3) is 0 Å². The Hall–Kier alpha value is -3.04. The van der Waals surface area contributed by atoms with Crippen LogP contribution in [0.1, 0.15) is 11.1 Å². The lowest BCUT2D eigenvalue weighted by Gasteiger charge is -1.98. The van der Waals surface area contributed by atoms with Crippen molar-refractivity contribution < 1.29 is 4.42 Å². The van der Waals surface area contributed by atoms with Gasteiger partial charge in [-0.15, -0.1) is 0 Å². The van der Waals surface area contributed by atoms with Gasteiger partial charge < -0.3 is 10.2 Å². The predicted molar refractivity (Wildman–Crippen MR) is 104 cm³/mol. The summed E-state index contributed by atoms with van der Waals surface area (Å²) in [5.41, 5.74) is 11.1. The lowest BCUT2D eigenvalue weighted by molar-refractivity contribution is 0.620. The van der Waals surface area contributed by atoms with E-state index in [1.807, 2.05) is 54.6 Å². The molecule has 3 nitrogen and oxygen atoms in total. The van der Waals surface area contributed by atoms with Crippen LogP contribution in [0.25, 0.3) is 34.7 Å². The van der Waals surface area contributed by atoms with Crippen molar-refractivity contribution in [3.8, 4) is 11.5 Å². The van der Waals surface area contributed by atoms with Crippen LogP contribution in [0.2, 0.25) is 5.02 Å². The number of anilines is 1. The molecule has 0 atom stereocenters. The standard InChI is InChI=1S/C21H15ClN2O/c22-17-9-12-20-19(13-17)24-21(25-20)16-7-3-14(4-8-16)1-2-15-5-10-18(23)11-6-15/h1-13H,23H2/b2-1+. The molecule has 0 aliphatic carbocycles. The molecule has 3 aromatic carbocycles. The van der Waals surface area contributed by atoms with E-state index < -0.39 is 0 Å². The number of fused-ring (bicyclic) bond motifs is 1. The van der Waals surface area contributed by atoms with Gasteiger partial charge in [-0.1, -0.05) is 48.0 Å². The highest BCUT2D eigenvalue weighted by Gasteiger charge is 2.08. The van der Waals surface area contributed by atoms with Gasteiger partial charge in [0.15, 0.2) is 5.58 Å². The SMILES string of the molecule is Nc1ccc(/C=C/c2ccc(-c3nc4cc(Cl)ccc4o3)cc2)cc1. The molecule has 1 aromatic heterocycles. The van der Waals surface area contributed by atoms with Crippen LogP contribution in [-0.2, 0) is 0 Å². The van der Waals surface area contributed by atoms with Crippen LogP contribution in [0.4, 0.5) is 5.69 Å². The maximum atomic E-state index is 5.99. The van der Waals surface area contributed by atoms with E-state index in [2.05, 4.69) is 17.1 Å². The zero-order valence-corrected chi connectivity index (χ0v) is 14.1. The minimum atomic E-state index is 0.589. The van der Waals surface area contributed by atoms with Crippen molar-refractivity contribution in [2.45, 2.75) is 0 Å². The van der Waals surface area contributed by atoms with E-state index in [1.54, 1.807) is 12.1 Å². The summed E-state index contributed by atoms with van der Waals surface area (Å²) in [6, 6.07) is 21.2. The van der Waals surface area contributed by atoms with Gasteiger partial charge in [0, 0.05) is 16.3 Å². The van der Waals surface area contributed by atoms with E-state index in [0.717, 1.165) is 33.5 Å². The van der Waals surface area contributed by atoms with E-state index in [9.17, 15) is 0 Å². The first-order valence-electron chi connectivity index (χ1n) is 7.87. The monoisotopic (exact) mass is 346 g/mol. The summed E-state index contributed by atoms with van der Waals surface area (Å²) >= 11 is 5.99. The third kappa shape index (κ3) is 3.42. The molecule has 122 valence electrons. The normalized spacial score (nSPS) is 11.4. The zero-order chi connectivity index (χ0) is 17.2. The van der Waals surface area contributed by atoms with Gasteiger partial charge in [-0.3, -0.25) is 0 Å². The molecule has 4 aromatic rings. The van der Waals surface area contributed by atoms with Gasteiger partial charge in [-0.2, -0.15) is 0 Å². The smallest absolute Gasteiger partial charge is 0.227 e. The van der Waals surface area contributed by atoms with Gasteiger partial charge >= 0.3 is 0 Å². The van der Waals surface area contributed by atoms with Gasteiger partial charge in [0.05, 0.1) is 0 Å². The van der Waals surface area contributed by atoms with Crippen molar-refractivity contribution in [3.63, 3.8) is 0 Å². The summed E-state index contributed by atoms with van der Waals surface area (Å²) in [5.74, 6) is 0.589. The molecule has 2 N–H and O–H groups in total. The summed E-state index contributed by atoms with van der Waals surface area (Å²) < 4.78 is 5.79. The number of nitrogens with two attached hydrogens (primary N) is 1. The average Bonchev–Trinajstić information content (AvgIpc) is 3.05. The third-order valence-electron chi connectivity index (χ3n) is 3.91. The summed E-state index contributed by atoms with van der Waals surface area (Å²) in [7, 11) is 0. The first-order chi connectivity index (χ1) is 12.2. The molecule has 0 saturated heterocycles. The first-order valence-corrected chi connectivity index (χ1v) is 8.25. The topological polar surface area (TPSA) is 52.0 Å². The molecular formula is C21H15ClN2O. The number of halogens is 1. The minimum absolute atomic E-state index is 0.589. The Morgan fingerprint density at radius 3 is 2.16 bits per heavy atom. The predicted octanol–water partition coefficient (Wildman–Crippen LogP) is 5.90. The fourth-order valence-electron chi connectivity index (χ4n) is 2.56. The average molecular weight is 347 g/mol. The van der Waals surface area contributed by atoms with Gasteiger partial charge in [0.2, 0.25) is 5.89 Å². The Morgan fingerprint density at radius 2 is 1.48 bits per heavy atom. The summed E-state index contributed by atoms with van der Waals surface area (Å²) in [6.45, 7) is 0. The van der Waals surface area contributed by atoms with E-state index in [4.69, 9.17) is 21.8 Å². The van der Waals surface area contributed by atoms with Crippen molar-refractivity contribution >= 4 is 40.5 Å². The molecule has 4 heteroatoms. The van der Waals surface area contributed by atoms with Crippen LogP contribution in [-0.4, -0.2) is 4.98 Å². The highest BCUT2D eigenvalue weighted by atomic mass is 35.5. The number of nitrogens with zero attached hydrogens (tertiary/aromatic N) is 1. The number of hydrogen-bond acceptors (Lipinski definition) is 3. The van der Waals surface area contributed by atoms with Crippen LogP contribution >= 0.6 is 11.6 Å². The summed E-state index contributed by atoms with van der Waals surface area (Å²) in [4.78, 5) is 4.49. The van der Waals surface area contributed by atoms with Gasteiger partial charge in [0.1, 0.15) is 5.52 Å². The number of nitrogen functional groups attached to an aromatic ring is 1. The van der Waals surface area contributed by atoms with Crippen LogP contribution < -0.4 is 5.73 Å². The molecule has 4 rings (SSSR count). The Labute approximate surface area is 150 Å². The first kappa shape index (κ1) is 15.5. The molecule has 0 aliphatic rings. The molecular weight excluding hydrogens is 332 g/mol. The molecule has 0 bridgehead atoms.